The van der Waals surface area contributed by atoms with Crippen LogP contribution in [-0.2, 0) is 11.3 Å². The fourth-order valence-electron chi connectivity index (χ4n) is 2.19. The second kappa shape index (κ2) is 6.53. The maximum atomic E-state index is 11.9. The van der Waals surface area contributed by atoms with Gasteiger partial charge in [-0.15, -0.1) is 0 Å². The summed E-state index contributed by atoms with van der Waals surface area (Å²) in [7, 11) is 0. The first-order chi connectivity index (χ1) is 9.13. The van der Waals surface area contributed by atoms with E-state index in [9.17, 15) is 4.79 Å². The highest BCUT2D eigenvalue weighted by atomic mass is 16.2. The Labute approximate surface area is 115 Å². The molecule has 1 aliphatic heterocycles. The van der Waals surface area contributed by atoms with Crippen molar-refractivity contribution in [2.24, 2.45) is 0 Å². The van der Waals surface area contributed by atoms with Crippen molar-refractivity contribution in [1.29, 1.82) is 0 Å². The van der Waals surface area contributed by atoms with E-state index in [1.807, 2.05) is 0 Å². The van der Waals surface area contributed by atoms with Crippen molar-refractivity contribution in [1.82, 2.24) is 10.2 Å². The summed E-state index contributed by atoms with van der Waals surface area (Å²) >= 11 is 0. The Morgan fingerprint density at radius 2 is 1.89 bits per heavy atom. The first-order valence-electron chi connectivity index (χ1n) is 6.85. The van der Waals surface area contributed by atoms with Gasteiger partial charge < -0.3 is 5.32 Å². The zero-order chi connectivity index (χ0) is 13.7. The minimum atomic E-state index is 0.105. The zero-order valence-corrected chi connectivity index (χ0v) is 11.6. The molecule has 0 atom stereocenters. The number of hydrogen-bond donors (Lipinski definition) is 1. The van der Waals surface area contributed by atoms with Crippen molar-refractivity contribution in [2.75, 3.05) is 19.6 Å². The number of likely N-dealkylation sites (tertiary alicyclic amines) is 1. The molecule has 2 rings (SSSR count). The maximum Gasteiger partial charge on any atom is 0.234 e. The van der Waals surface area contributed by atoms with Crippen LogP contribution in [0.15, 0.2) is 36.4 Å². The summed E-state index contributed by atoms with van der Waals surface area (Å²) in [4.78, 5) is 14.1. The van der Waals surface area contributed by atoms with E-state index in [2.05, 4.69) is 48.0 Å². The highest BCUT2D eigenvalue weighted by Gasteiger charge is 2.15. The Balaban J connectivity index is 1.72. The van der Waals surface area contributed by atoms with E-state index in [0.717, 1.165) is 31.5 Å². The van der Waals surface area contributed by atoms with Crippen molar-refractivity contribution >= 4 is 5.91 Å². The fraction of sp³-hybridized carbons (Fsp3) is 0.438. The highest BCUT2D eigenvalue weighted by molar-refractivity contribution is 5.78. The van der Waals surface area contributed by atoms with Crippen LogP contribution >= 0.6 is 0 Å². The Bertz CT molecular complexity index is 440. The largest absolute Gasteiger partial charge is 0.351 e. The molecule has 1 fully saturated rings. The molecule has 1 aromatic carbocycles. The lowest BCUT2D eigenvalue weighted by atomic mass is 10.1. The molecule has 0 aromatic heterocycles. The van der Waals surface area contributed by atoms with Gasteiger partial charge in [-0.1, -0.05) is 42.0 Å². The number of piperidine rings is 1. The second-order valence-corrected chi connectivity index (χ2v) is 5.29. The summed E-state index contributed by atoms with van der Waals surface area (Å²) in [6.45, 7) is 9.07. The van der Waals surface area contributed by atoms with E-state index in [0.29, 0.717) is 13.1 Å². The summed E-state index contributed by atoms with van der Waals surface area (Å²) in [5, 5.41) is 2.97. The summed E-state index contributed by atoms with van der Waals surface area (Å²) in [5.74, 6) is 0.105. The number of hydrogen-bond acceptors (Lipinski definition) is 2. The van der Waals surface area contributed by atoms with E-state index in [1.165, 1.54) is 11.1 Å². The molecular formula is C16H22N2O. The molecule has 102 valence electrons. The number of benzene rings is 1. The first kappa shape index (κ1) is 13.8. The van der Waals surface area contributed by atoms with Gasteiger partial charge in [-0.2, -0.15) is 0 Å². The highest BCUT2D eigenvalue weighted by Crippen LogP contribution is 2.13. The molecule has 1 aromatic rings. The molecular weight excluding hydrogens is 236 g/mol. The minimum absolute atomic E-state index is 0.105. The number of carbonyl (C=O) groups excluding carboxylic acids is 1. The summed E-state index contributed by atoms with van der Waals surface area (Å²) in [6, 6.07) is 8.25. The molecule has 3 nitrogen and oxygen atoms in total. The van der Waals surface area contributed by atoms with Crippen molar-refractivity contribution in [3.05, 3.63) is 47.5 Å². The van der Waals surface area contributed by atoms with Gasteiger partial charge in [0, 0.05) is 19.6 Å². The maximum absolute atomic E-state index is 11.9. The van der Waals surface area contributed by atoms with Gasteiger partial charge in [0.2, 0.25) is 5.91 Å². The van der Waals surface area contributed by atoms with Crippen LogP contribution < -0.4 is 5.32 Å². The van der Waals surface area contributed by atoms with Gasteiger partial charge in [-0.05, 0) is 25.3 Å². The van der Waals surface area contributed by atoms with Crippen LogP contribution in [0.5, 0.6) is 0 Å². The summed E-state index contributed by atoms with van der Waals surface area (Å²) < 4.78 is 0. The van der Waals surface area contributed by atoms with Gasteiger partial charge in [0.05, 0.1) is 6.54 Å². The molecule has 1 heterocycles. The smallest absolute Gasteiger partial charge is 0.234 e. The summed E-state index contributed by atoms with van der Waals surface area (Å²) in [6.07, 6.45) is 2.04. The third-order valence-corrected chi connectivity index (χ3v) is 3.54. The molecule has 1 N–H and O–H groups in total. The predicted molar refractivity (Wildman–Crippen MR) is 77.8 cm³/mol. The van der Waals surface area contributed by atoms with Gasteiger partial charge in [0.1, 0.15) is 0 Å². The van der Waals surface area contributed by atoms with Crippen LogP contribution in [-0.4, -0.2) is 30.4 Å². The number of nitrogens with one attached hydrogen (secondary N) is 1. The lowest BCUT2D eigenvalue weighted by molar-refractivity contribution is -0.122. The fourth-order valence-corrected chi connectivity index (χ4v) is 2.19. The lowest BCUT2D eigenvalue weighted by Crippen LogP contribution is -2.39. The molecule has 1 aliphatic rings. The number of nitrogens with zero attached hydrogens (tertiary/aromatic N) is 1. The van der Waals surface area contributed by atoms with E-state index >= 15 is 0 Å². The van der Waals surface area contributed by atoms with E-state index in [-0.39, 0.29) is 5.91 Å². The van der Waals surface area contributed by atoms with Crippen LogP contribution in [0.2, 0.25) is 0 Å². The van der Waals surface area contributed by atoms with Gasteiger partial charge in [0.25, 0.3) is 0 Å². The van der Waals surface area contributed by atoms with Crippen LogP contribution in [0.1, 0.15) is 24.0 Å². The van der Waals surface area contributed by atoms with Crippen LogP contribution in [0.3, 0.4) is 0 Å². The molecule has 0 aliphatic carbocycles. The number of amides is 1. The van der Waals surface area contributed by atoms with Crippen LogP contribution in [0, 0.1) is 6.92 Å². The molecule has 0 spiro atoms. The Morgan fingerprint density at radius 1 is 1.26 bits per heavy atom. The van der Waals surface area contributed by atoms with Gasteiger partial charge in [-0.25, -0.2) is 0 Å². The SMILES string of the molecule is C=C1CCN(CC(=O)NCc2ccc(C)cc2)CC1. The summed E-state index contributed by atoms with van der Waals surface area (Å²) in [5.41, 5.74) is 3.69. The predicted octanol–water partition coefficient (Wildman–Crippen LogP) is 2.26. The average Bonchev–Trinajstić information content (AvgIpc) is 2.41. The van der Waals surface area contributed by atoms with Gasteiger partial charge >= 0.3 is 0 Å². The molecule has 19 heavy (non-hydrogen) atoms. The topological polar surface area (TPSA) is 32.3 Å². The molecule has 0 radical (unpaired) electrons. The number of aryl methyl sites for hydroxylation is 1. The molecule has 3 heteroatoms. The monoisotopic (exact) mass is 258 g/mol. The minimum Gasteiger partial charge on any atom is -0.351 e. The third kappa shape index (κ3) is 4.52. The molecule has 1 amide bonds. The van der Waals surface area contributed by atoms with Crippen LogP contribution in [0.25, 0.3) is 0 Å². The second-order valence-electron chi connectivity index (χ2n) is 5.29. The first-order valence-corrected chi connectivity index (χ1v) is 6.85. The lowest BCUT2D eigenvalue weighted by Gasteiger charge is -2.27. The molecule has 0 unspecified atom stereocenters. The number of rotatable bonds is 4. The molecule has 1 saturated heterocycles. The van der Waals surface area contributed by atoms with Crippen molar-refractivity contribution in [2.45, 2.75) is 26.3 Å². The van der Waals surface area contributed by atoms with Gasteiger partial charge in [-0.3, -0.25) is 9.69 Å². The molecule has 0 saturated carbocycles. The van der Waals surface area contributed by atoms with Gasteiger partial charge in [0.15, 0.2) is 0 Å². The van der Waals surface area contributed by atoms with Crippen molar-refractivity contribution in [3.63, 3.8) is 0 Å². The third-order valence-electron chi connectivity index (χ3n) is 3.54. The van der Waals surface area contributed by atoms with Crippen LogP contribution in [0.4, 0.5) is 0 Å². The van der Waals surface area contributed by atoms with E-state index in [1.54, 1.807) is 0 Å². The Morgan fingerprint density at radius 3 is 2.53 bits per heavy atom. The normalized spacial score (nSPS) is 16.4. The Hall–Kier alpha value is -1.61. The van der Waals surface area contributed by atoms with E-state index < -0.39 is 0 Å². The Kier molecular flexibility index (Phi) is 4.74. The van der Waals surface area contributed by atoms with Crippen molar-refractivity contribution in [3.8, 4) is 0 Å². The zero-order valence-electron chi connectivity index (χ0n) is 11.6. The average molecular weight is 258 g/mol. The standard InChI is InChI=1S/C16H22N2O/c1-13-3-5-15(6-4-13)11-17-16(19)12-18-9-7-14(2)8-10-18/h3-6H,2,7-12H2,1H3,(H,17,19). The quantitative estimate of drug-likeness (QED) is 0.840. The molecule has 0 bridgehead atoms. The van der Waals surface area contributed by atoms with Crippen molar-refractivity contribution < 1.29 is 4.79 Å². The van der Waals surface area contributed by atoms with E-state index in [4.69, 9.17) is 0 Å². The number of carbonyl (C=O) groups is 1.